The number of nitrogens with zero attached hydrogens (tertiary/aromatic N) is 1. The monoisotopic (exact) mass is 214 g/mol. The van der Waals surface area contributed by atoms with Crippen molar-refractivity contribution in [3.05, 3.63) is 0 Å². The second kappa shape index (κ2) is 4.29. The number of hydrogen-bond donors (Lipinski definition) is 2. The van der Waals surface area contributed by atoms with Gasteiger partial charge in [0.15, 0.2) is 0 Å². The molecule has 0 unspecified atom stereocenters. The number of amides is 2. The van der Waals surface area contributed by atoms with Gasteiger partial charge in [0.05, 0.1) is 5.92 Å². The van der Waals surface area contributed by atoms with Crippen LogP contribution in [-0.2, 0) is 14.4 Å². The molecule has 0 saturated carbocycles. The zero-order chi connectivity index (χ0) is 11.6. The zero-order valence-electron chi connectivity index (χ0n) is 8.69. The van der Waals surface area contributed by atoms with Gasteiger partial charge in [0.1, 0.15) is 0 Å². The van der Waals surface area contributed by atoms with Gasteiger partial charge >= 0.3 is 17.8 Å². The molecule has 0 bridgehead atoms. The molecule has 0 aromatic heterocycles. The summed E-state index contributed by atoms with van der Waals surface area (Å²) < 4.78 is 0. The number of hydrogen-bond acceptors (Lipinski definition) is 3. The summed E-state index contributed by atoms with van der Waals surface area (Å²) in [4.78, 5) is 34.3. The molecule has 2 amide bonds. The van der Waals surface area contributed by atoms with Crippen LogP contribution < -0.4 is 5.32 Å². The van der Waals surface area contributed by atoms with Crippen molar-refractivity contribution < 1.29 is 19.5 Å². The molecule has 6 nitrogen and oxygen atoms in total. The van der Waals surface area contributed by atoms with Crippen molar-refractivity contribution in [1.82, 2.24) is 10.2 Å². The summed E-state index contributed by atoms with van der Waals surface area (Å²) in [6, 6.07) is -0.0991. The Bertz CT molecular complexity index is 294. The molecule has 0 atom stereocenters. The minimum Gasteiger partial charge on any atom is -0.481 e. The van der Waals surface area contributed by atoms with Crippen molar-refractivity contribution in [2.45, 2.75) is 19.9 Å². The van der Waals surface area contributed by atoms with Gasteiger partial charge in [-0.2, -0.15) is 0 Å². The van der Waals surface area contributed by atoms with Gasteiger partial charge in [0.2, 0.25) is 0 Å². The number of rotatable bonds is 2. The highest BCUT2D eigenvalue weighted by Crippen LogP contribution is 2.15. The fourth-order valence-electron chi connectivity index (χ4n) is 1.27. The molecule has 2 N–H and O–H groups in total. The Kier molecular flexibility index (Phi) is 3.28. The van der Waals surface area contributed by atoms with Crippen LogP contribution in [0.1, 0.15) is 13.8 Å². The van der Waals surface area contributed by atoms with Crippen LogP contribution in [0.2, 0.25) is 0 Å². The second-order valence-corrected chi connectivity index (χ2v) is 3.87. The number of carboxylic acids is 1. The number of carboxylic acid groups (broad SMARTS) is 1. The summed E-state index contributed by atoms with van der Waals surface area (Å²) in [5.41, 5.74) is 0. The number of nitrogens with one attached hydrogen (secondary N) is 1. The van der Waals surface area contributed by atoms with Gasteiger partial charge in [0, 0.05) is 19.1 Å². The molecule has 1 aliphatic rings. The third kappa shape index (κ3) is 2.68. The maximum atomic E-state index is 11.3. The summed E-state index contributed by atoms with van der Waals surface area (Å²) in [7, 11) is 0. The van der Waals surface area contributed by atoms with E-state index in [1.807, 2.05) is 0 Å². The summed E-state index contributed by atoms with van der Waals surface area (Å²) in [5.74, 6) is -2.78. The molecule has 1 saturated heterocycles. The Labute approximate surface area is 87.2 Å². The first kappa shape index (κ1) is 11.5. The van der Waals surface area contributed by atoms with Gasteiger partial charge in [-0.25, -0.2) is 0 Å². The Balaban J connectivity index is 2.38. The van der Waals surface area contributed by atoms with Crippen molar-refractivity contribution >= 4 is 17.8 Å². The number of likely N-dealkylation sites (tertiary alicyclic amines) is 1. The first-order chi connectivity index (χ1) is 6.91. The van der Waals surface area contributed by atoms with E-state index in [1.165, 1.54) is 4.90 Å². The van der Waals surface area contributed by atoms with Crippen molar-refractivity contribution in [2.75, 3.05) is 13.1 Å². The van der Waals surface area contributed by atoms with Crippen LogP contribution in [0.4, 0.5) is 0 Å². The summed E-state index contributed by atoms with van der Waals surface area (Å²) in [6.07, 6.45) is 0. The van der Waals surface area contributed by atoms with Crippen LogP contribution in [0, 0.1) is 5.92 Å². The largest absolute Gasteiger partial charge is 0.481 e. The van der Waals surface area contributed by atoms with E-state index in [0.717, 1.165) is 0 Å². The quantitative estimate of drug-likeness (QED) is 0.580. The molecule has 1 fully saturated rings. The SMILES string of the molecule is CC(C)NC(=O)C(=O)N1CC(C(=O)O)C1. The normalized spacial score (nSPS) is 16.1. The van der Waals surface area contributed by atoms with Crippen LogP contribution in [0.5, 0.6) is 0 Å². The van der Waals surface area contributed by atoms with Crippen molar-refractivity contribution in [2.24, 2.45) is 5.92 Å². The molecule has 1 aliphatic heterocycles. The maximum Gasteiger partial charge on any atom is 0.311 e. The Morgan fingerprint density at radius 2 is 1.87 bits per heavy atom. The maximum absolute atomic E-state index is 11.3. The van der Waals surface area contributed by atoms with E-state index in [-0.39, 0.29) is 19.1 Å². The summed E-state index contributed by atoms with van der Waals surface area (Å²) in [6.45, 7) is 3.75. The van der Waals surface area contributed by atoms with E-state index in [2.05, 4.69) is 5.32 Å². The lowest BCUT2D eigenvalue weighted by Gasteiger charge is -2.36. The molecule has 84 valence electrons. The highest BCUT2D eigenvalue weighted by Gasteiger charge is 2.37. The standard InChI is InChI=1S/C9H14N2O4/c1-5(2)10-7(12)8(13)11-3-6(4-11)9(14)15/h5-6H,3-4H2,1-2H3,(H,10,12)(H,14,15). The van der Waals surface area contributed by atoms with Crippen LogP contribution in [0.25, 0.3) is 0 Å². The molecule has 0 aromatic rings. The fraction of sp³-hybridized carbons (Fsp3) is 0.667. The molecular weight excluding hydrogens is 200 g/mol. The number of carbonyl (C=O) groups excluding carboxylic acids is 2. The van der Waals surface area contributed by atoms with E-state index in [9.17, 15) is 14.4 Å². The van der Waals surface area contributed by atoms with Gasteiger partial charge in [-0.3, -0.25) is 14.4 Å². The van der Waals surface area contributed by atoms with Gasteiger partial charge in [-0.15, -0.1) is 0 Å². The Hall–Kier alpha value is -1.59. The smallest absolute Gasteiger partial charge is 0.311 e. The number of carbonyl (C=O) groups is 3. The Morgan fingerprint density at radius 3 is 2.27 bits per heavy atom. The van der Waals surface area contributed by atoms with Crippen LogP contribution in [0.15, 0.2) is 0 Å². The van der Waals surface area contributed by atoms with E-state index < -0.39 is 23.7 Å². The first-order valence-electron chi connectivity index (χ1n) is 4.74. The fourth-order valence-corrected chi connectivity index (χ4v) is 1.27. The van der Waals surface area contributed by atoms with E-state index in [0.29, 0.717) is 0 Å². The molecule has 0 aliphatic carbocycles. The molecule has 0 aromatic carbocycles. The summed E-state index contributed by atoms with van der Waals surface area (Å²) >= 11 is 0. The molecule has 0 spiro atoms. The predicted molar refractivity (Wildman–Crippen MR) is 51.0 cm³/mol. The van der Waals surface area contributed by atoms with E-state index >= 15 is 0 Å². The lowest BCUT2D eigenvalue weighted by Crippen LogP contribution is -2.57. The third-order valence-corrected chi connectivity index (χ3v) is 2.13. The number of aliphatic carboxylic acids is 1. The molecule has 1 heterocycles. The molecule has 1 rings (SSSR count). The van der Waals surface area contributed by atoms with Crippen LogP contribution in [-0.4, -0.2) is 46.9 Å². The van der Waals surface area contributed by atoms with Crippen LogP contribution >= 0.6 is 0 Å². The van der Waals surface area contributed by atoms with Crippen molar-refractivity contribution in [3.63, 3.8) is 0 Å². The molecule has 15 heavy (non-hydrogen) atoms. The van der Waals surface area contributed by atoms with Gasteiger partial charge in [0.25, 0.3) is 0 Å². The molecule has 6 heteroatoms. The van der Waals surface area contributed by atoms with Gasteiger partial charge in [-0.1, -0.05) is 0 Å². The lowest BCUT2D eigenvalue weighted by molar-refractivity contribution is -0.157. The van der Waals surface area contributed by atoms with E-state index in [4.69, 9.17) is 5.11 Å². The minimum absolute atomic E-state index is 0.0991. The molecule has 0 radical (unpaired) electrons. The lowest BCUT2D eigenvalue weighted by atomic mass is 10.0. The highest BCUT2D eigenvalue weighted by molar-refractivity contribution is 6.35. The first-order valence-corrected chi connectivity index (χ1v) is 4.74. The minimum atomic E-state index is -0.927. The van der Waals surface area contributed by atoms with Crippen molar-refractivity contribution in [1.29, 1.82) is 0 Å². The van der Waals surface area contributed by atoms with E-state index in [1.54, 1.807) is 13.8 Å². The van der Waals surface area contributed by atoms with Gasteiger partial charge < -0.3 is 15.3 Å². The highest BCUT2D eigenvalue weighted by atomic mass is 16.4. The zero-order valence-corrected chi connectivity index (χ0v) is 8.69. The second-order valence-electron chi connectivity index (χ2n) is 3.87. The third-order valence-electron chi connectivity index (χ3n) is 2.13. The summed E-state index contributed by atoms with van der Waals surface area (Å²) in [5, 5.41) is 11.0. The Morgan fingerprint density at radius 1 is 1.33 bits per heavy atom. The predicted octanol–water partition coefficient (Wildman–Crippen LogP) is -0.946. The molecular formula is C9H14N2O4. The average Bonchev–Trinajstić information content (AvgIpc) is 1.98. The van der Waals surface area contributed by atoms with Crippen LogP contribution in [0.3, 0.4) is 0 Å². The van der Waals surface area contributed by atoms with Gasteiger partial charge in [-0.05, 0) is 13.8 Å². The topological polar surface area (TPSA) is 86.7 Å². The van der Waals surface area contributed by atoms with Crippen molar-refractivity contribution in [3.8, 4) is 0 Å². The average molecular weight is 214 g/mol.